The van der Waals surface area contributed by atoms with E-state index >= 15 is 0 Å². The van der Waals surface area contributed by atoms with Gasteiger partial charge >= 0.3 is 5.97 Å². The SMILES string of the molecule is Br.CCCCCCCC1CC(CSC(=N)N)OC1=O. The molecule has 3 N–H and O–H groups in total. The fourth-order valence-electron chi connectivity index (χ4n) is 2.24. The molecule has 0 aromatic carbocycles. The molecule has 2 unspecified atom stereocenters. The average Bonchev–Trinajstić information content (AvgIpc) is 2.67. The smallest absolute Gasteiger partial charge is 0.309 e. The van der Waals surface area contributed by atoms with E-state index in [1.807, 2.05) is 0 Å². The molecule has 0 aromatic rings. The van der Waals surface area contributed by atoms with Crippen molar-refractivity contribution in [1.29, 1.82) is 5.41 Å². The Bertz CT molecular complexity index is 290. The van der Waals surface area contributed by atoms with Crippen molar-refractivity contribution in [1.82, 2.24) is 0 Å². The fraction of sp³-hybridized carbons (Fsp3) is 0.846. The first kappa shape index (κ1) is 18.8. The zero-order chi connectivity index (χ0) is 13.4. The molecule has 1 saturated heterocycles. The van der Waals surface area contributed by atoms with E-state index in [9.17, 15) is 4.79 Å². The van der Waals surface area contributed by atoms with Gasteiger partial charge in [0.25, 0.3) is 0 Å². The molecule has 0 aliphatic carbocycles. The number of carbonyl (C=O) groups is 1. The van der Waals surface area contributed by atoms with E-state index in [1.165, 1.54) is 37.4 Å². The van der Waals surface area contributed by atoms with Gasteiger partial charge in [0.1, 0.15) is 6.10 Å². The normalized spacial score (nSPS) is 21.8. The van der Waals surface area contributed by atoms with Gasteiger partial charge in [-0.15, -0.1) is 17.0 Å². The molecule has 1 fully saturated rings. The molecular weight excluding hydrogens is 328 g/mol. The Balaban J connectivity index is 0.00000324. The van der Waals surface area contributed by atoms with Crippen LogP contribution in [0, 0.1) is 11.3 Å². The minimum Gasteiger partial charge on any atom is -0.461 e. The average molecular weight is 353 g/mol. The third-order valence-electron chi connectivity index (χ3n) is 3.24. The summed E-state index contributed by atoms with van der Waals surface area (Å²) in [6.45, 7) is 2.20. The lowest BCUT2D eigenvalue weighted by atomic mass is 9.97. The minimum absolute atomic E-state index is 0. The van der Waals surface area contributed by atoms with E-state index in [0.717, 1.165) is 19.3 Å². The number of nitrogens with one attached hydrogen (secondary N) is 1. The van der Waals surface area contributed by atoms with Crippen LogP contribution in [0.5, 0.6) is 0 Å². The first-order chi connectivity index (χ1) is 8.63. The predicted molar refractivity (Wildman–Crippen MR) is 86.1 cm³/mol. The van der Waals surface area contributed by atoms with Crippen LogP contribution in [-0.4, -0.2) is 23.0 Å². The number of carbonyl (C=O) groups excluding carboxylic acids is 1. The van der Waals surface area contributed by atoms with E-state index in [0.29, 0.717) is 5.75 Å². The number of cyclic esters (lactones) is 1. The first-order valence-corrected chi connectivity index (χ1v) is 7.79. The molecule has 1 heterocycles. The van der Waals surface area contributed by atoms with Crippen molar-refractivity contribution >= 4 is 39.9 Å². The molecule has 0 bridgehead atoms. The molecule has 0 amide bonds. The van der Waals surface area contributed by atoms with Crippen LogP contribution in [0.3, 0.4) is 0 Å². The summed E-state index contributed by atoms with van der Waals surface area (Å²) in [5.41, 5.74) is 5.27. The lowest BCUT2D eigenvalue weighted by Crippen LogP contribution is -2.14. The summed E-state index contributed by atoms with van der Waals surface area (Å²) < 4.78 is 5.29. The van der Waals surface area contributed by atoms with Crippen LogP contribution in [0.1, 0.15) is 51.9 Å². The molecular formula is C13H25BrN2O2S. The fourth-order valence-corrected chi connectivity index (χ4v) is 2.81. The Morgan fingerprint density at radius 2 is 2.11 bits per heavy atom. The van der Waals surface area contributed by atoms with Crippen molar-refractivity contribution in [3.05, 3.63) is 0 Å². The van der Waals surface area contributed by atoms with Crippen molar-refractivity contribution in [2.24, 2.45) is 11.7 Å². The molecule has 6 heteroatoms. The topological polar surface area (TPSA) is 76.2 Å². The monoisotopic (exact) mass is 352 g/mol. The van der Waals surface area contributed by atoms with Crippen LogP contribution in [0.4, 0.5) is 0 Å². The van der Waals surface area contributed by atoms with Gasteiger partial charge in [0, 0.05) is 5.75 Å². The standard InChI is InChI=1S/C13H24N2O2S.BrH/c1-2-3-4-5-6-7-10-8-11(17-12(10)16)9-18-13(14)15;/h10-11H,2-9H2,1H3,(H3,14,15);1H. The number of hydrogen-bond acceptors (Lipinski definition) is 4. The second-order valence-corrected chi connectivity index (χ2v) is 5.93. The van der Waals surface area contributed by atoms with Crippen molar-refractivity contribution in [2.75, 3.05) is 5.75 Å². The van der Waals surface area contributed by atoms with E-state index < -0.39 is 0 Å². The quantitative estimate of drug-likeness (QED) is 0.303. The summed E-state index contributed by atoms with van der Waals surface area (Å²) >= 11 is 1.25. The first-order valence-electron chi connectivity index (χ1n) is 6.80. The van der Waals surface area contributed by atoms with Crippen LogP contribution in [0.25, 0.3) is 0 Å². The number of thioether (sulfide) groups is 1. The predicted octanol–water partition coefficient (Wildman–Crippen LogP) is 3.48. The van der Waals surface area contributed by atoms with Gasteiger partial charge in [-0.3, -0.25) is 10.2 Å². The third-order valence-corrected chi connectivity index (χ3v) is 4.09. The van der Waals surface area contributed by atoms with E-state index in [2.05, 4.69) is 6.92 Å². The summed E-state index contributed by atoms with van der Waals surface area (Å²) in [4.78, 5) is 11.6. The van der Waals surface area contributed by atoms with Gasteiger partial charge in [0.05, 0.1) is 5.92 Å². The lowest BCUT2D eigenvalue weighted by Gasteiger charge is -2.06. The highest BCUT2D eigenvalue weighted by Gasteiger charge is 2.33. The van der Waals surface area contributed by atoms with E-state index in [4.69, 9.17) is 15.9 Å². The number of esters is 1. The van der Waals surface area contributed by atoms with Gasteiger partial charge in [-0.1, -0.05) is 50.8 Å². The second-order valence-electron chi connectivity index (χ2n) is 4.87. The summed E-state index contributed by atoms with van der Waals surface area (Å²) in [7, 11) is 0. The molecule has 0 spiro atoms. The van der Waals surface area contributed by atoms with Gasteiger partial charge in [0.2, 0.25) is 0 Å². The zero-order valence-corrected chi connectivity index (χ0v) is 14.1. The maximum Gasteiger partial charge on any atom is 0.309 e. The zero-order valence-electron chi connectivity index (χ0n) is 11.5. The van der Waals surface area contributed by atoms with E-state index in [-0.39, 0.29) is 40.1 Å². The maximum absolute atomic E-state index is 11.6. The minimum atomic E-state index is -0.0559. The molecule has 2 atom stereocenters. The number of halogens is 1. The summed E-state index contributed by atoms with van der Waals surface area (Å²) in [5, 5.41) is 7.23. The Morgan fingerprint density at radius 3 is 2.74 bits per heavy atom. The van der Waals surface area contributed by atoms with Crippen LogP contribution in [-0.2, 0) is 9.53 Å². The molecule has 0 aromatic heterocycles. The Morgan fingerprint density at radius 1 is 1.42 bits per heavy atom. The molecule has 4 nitrogen and oxygen atoms in total. The third kappa shape index (κ3) is 7.82. The second kappa shape index (κ2) is 10.5. The van der Waals surface area contributed by atoms with Gasteiger partial charge in [-0.25, -0.2) is 0 Å². The number of ether oxygens (including phenoxy) is 1. The van der Waals surface area contributed by atoms with Gasteiger partial charge in [0.15, 0.2) is 5.17 Å². The van der Waals surface area contributed by atoms with Gasteiger partial charge in [-0.05, 0) is 12.8 Å². The summed E-state index contributed by atoms with van der Waals surface area (Å²) in [6.07, 6.45) is 7.82. The van der Waals surface area contributed by atoms with Crippen LogP contribution >= 0.6 is 28.7 Å². The number of nitrogens with two attached hydrogens (primary N) is 1. The largest absolute Gasteiger partial charge is 0.461 e. The molecule has 112 valence electrons. The Hall–Kier alpha value is -0.230. The molecule has 1 rings (SSSR count). The molecule has 1 aliphatic rings. The highest BCUT2D eigenvalue weighted by Crippen LogP contribution is 2.28. The van der Waals surface area contributed by atoms with Crippen molar-refractivity contribution < 1.29 is 9.53 Å². The summed E-state index contributed by atoms with van der Waals surface area (Å²) in [5.74, 6) is 0.636. The molecule has 1 aliphatic heterocycles. The van der Waals surface area contributed by atoms with E-state index in [1.54, 1.807) is 0 Å². The molecule has 19 heavy (non-hydrogen) atoms. The highest BCUT2D eigenvalue weighted by molar-refractivity contribution is 8.93. The summed E-state index contributed by atoms with van der Waals surface area (Å²) in [6, 6.07) is 0. The number of hydrogen-bond donors (Lipinski definition) is 2. The number of unbranched alkanes of at least 4 members (excludes halogenated alkanes) is 4. The van der Waals surface area contributed by atoms with Gasteiger partial charge < -0.3 is 10.5 Å². The van der Waals surface area contributed by atoms with Gasteiger partial charge in [-0.2, -0.15) is 0 Å². The maximum atomic E-state index is 11.6. The van der Waals surface area contributed by atoms with Crippen LogP contribution < -0.4 is 5.73 Å². The van der Waals surface area contributed by atoms with Crippen molar-refractivity contribution in [3.63, 3.8) is 0 Å². The van der Waals surface area contributed by atoms with Crippen molar-refractivity contribution in [2.45, 2.75) is 58.0 Å². The Labute approximate surface area is 130 Å². The Kier molecular flexibility index (Phi) is 10.4. The van der Waals surface area contributed by atoms with Crippen molar-refractivity contribution in [3.8, 4) is 0 Å². The molecule has 0 saturated carbocycles. The van der Waals surface area contributed by atoms with Crippen LogP contribution in [0.15, 0.2) is 0 Å². The lowest BCUT2D eigenvalue weighted by molar-refractivity contribution is -0.143. The van der Waals surface area contributed by atoms with Crippen LogP contribution in [0.2, 0.25) is 0 Å². The number of rotatable bonds is 8. The molecule has 0 radical (unpaired) electrons. The highest BCUT2D eigenvalue weighted by atomic mass is 79.9. The number of amidine groups is 1.